The number of nitrogens with one attached hydrogen (secondary N) is 1. The maximum atomic E-state index is 5.18. The van der Waals surface area contributed by atoms with Gasteiger partial charge in [0.15, 0.2) is 10.6 Å². The molecule has 0 atom stereocenters. The molecule has 2 aromatic rings. The molecule has 1 aliphatic carbocycles. The molecule has 1 N–H and O–H groups in total. The number of H-pyrrole nitrogens is 1. The van der Waals surface area contributed by atoms with Crippen LogP contribution in [0.5, 0.6) is 0 Å². The molecule has 1 aliphatic rings. The van der Waals surface area contributed by atoms with Gasteiger partial charge in [0.25, 0.3) is 0 Å². The van der Waals surface area contributed by atoms with Crippen LogP contribution in [-0.2, 0) is 13.5 Å². The minimum atomic E-state index is 0.661. The Morgan fingerprint density at radius 1 is 1.50 bits per heavy atom. The molecule has 96 valence electrons. The summed E-state index contributed by atoms with van der Waals surface area (Å²) in [4.78, 5) is 5.99. The van der Waals surface area contributed by atoms with Crippen molar-refractivity contribution in [2.75, 3.05) is 0 Å². The highest BCUT2D eigenvalue weighted by atomic mass is 32.1. The maximum Gasteiger partial charge on any atom is 0.195 e. The zero-order valence-corrected chi connectivity index (χ0v) is 12.2. The van der Waals surface area contributed by atoms with Gasteiger partial charge in [-0.2, -0.15) is 5.10 Å². The second-order valence-electron chi connectivity index (χ2n) is 4.76. The molecule has 0 bridgehead atoms. The lowest BCUT2D eigenvalue weighted by Crippen LogP contribution is -1.94. The summed E-state index contributed by atoms with van der Waals surface area (Å²) < 4.78 is 2.59. The van der Waals surface area contributed by atoms with Crippen LogP contribution in [0.1, 0.15) is 42.8 Å². The van der Waals surface area contributed by atoms with E-state index >= 15 is 0 Å². The van der Waals surface area contributed by atoms with Gasteiger partial charge in [0.2, 0.25) is 0 Å². The van der Waals surface area contributed by atoms with Gasteiger partial charge in [-0.15, -0.1) is 11.3 Å². The lowest BCUT2D eigenvalue weighted by molar-refractivity contribution is 0.868. The van der Waals surface area contributed by atoms with Crippen LogP contribution in [0.2, 0.25) is 0 Å². The Morgan fingerprint density at radius 2 is 2.28 bits per heavy atom. The molecule has 2 heterocycles. The van der Waals surface area contributed by atoms with E-state index in [0.717, 1.165) is 18.7 Å². The van der Waals surface area contributed by atoms with Crippen molar-refractivity contribution in [2.24, 2.45) is 7.05 Å². The fourth-order valence-electron chi connectivity index (χ4n) is 2.01. The van der Waals surface area contributed by atoms with Crippen LogP contribution < -0.4 is 0 Å². The normalized spacial score (nSPS) is 15.2. The third-order valence-corrected chi connectivity index (χ3v) is 4.83. The molecular formula is C12H16N4S2. The van der Waals surface area contributed by atoms with Crippen molar-refractivity contribution in [3.63, 3.8) is 0 Å². The summed E-state index contributed by atoms with van der Waals surface area (Å²) >= 11 is 6.97. The molecule has 0 aliphatic heterocycles. The first-order valence-corrected chi connectivity index (χ1v) is 7.54. The second kappa shape index (κ2) is 4.59. The lowest BCUT2D eigenvalue weighted by Gasteiger charge is -1.99. The van der Waals surface area contributed by atoms with Crippen molar-refractivity contribution >= 4 is 23.6 Å². The molecule has 0 radical (unpaired) electrons. The largest absolute Gasteiger partial charge is 0.303 e. The standard InChI is InChI=1S/C12H16N4S2/c1-3-4-8-9(10-14-15-12(17)16(10)2)18-11(13-8)7-5-6-7/h7H,3-6H2,1-2H3,(H,15,17). The molecule has 0 aromatic carbocycles. The van der Waals surface area contributed by atoms with Gasteiger partial charge in [0, 0.05) is 13.0 Å². The number of nitrogens with zero attached hydrogens (tertiary/aromatic N) is 3. The Morgan fingerprint density at radius 3 is 2.83 bits per heavy atom. The van der Waals surface area contributed by atoms with Gasteiger partial charge in [-0.3, -0.25) is 5.10 Å². The maximum absolute atomic E-state index is 5.18. The molecular weight excluding hydrogens is 264 g/mol. The van der Waals surface area contributed by atoms with Crippen molar-refractivity contribution in [1.82, 2.24) is 19.7 Å². The Hall–Kier alpha value is -1.01. The summed E-state index contributed by atoms with van der Waals surface area (Å²) in [6.07, 6.45) is 4.70. The summed E-state index contributed by atoms with van der Waals surface area (Å²) in [5.41, 5.74) is 1.18. The first kappa shape index (κ1) is 12.0. The smallest absolute Gasteiger partial charge is 0.195 e. The number of hydrogen-bond acceptors (Lipinski definition) is 4. The minimum Gasteiger partial charge on any atom is -0.303 e. The van der Waals surface area contributed by atoms with Gasteiger partial charge in [0.05, 0.1) is 15.6 Å². The van der Waals surface area contributed by atoms with Crippen LogP contribution in [0.25, 0.3) is 10.7 Å². The highest BCUT2D eigenvalue weighted by Gasteiger charge is 2.29. The quantitative estimate of drug-likeness (QED) is 0.873. The first-order valence-electron chi connectivity index (χ1n) is 6.32. The van der Waals surface area contributed by atoms with Gasteiger partial charge >= 0.3 is 0 Å². The molecule has 6 heteroatoms. The van der Waals surface area contributed by atoms with Gasteiger partial charge in [-0.25, -0.2) is 4.98 Å². The Kier molecular flexibility index (Phi) is 3.07. The fourth-order valence-corrected chi connectivity index (χ4v) is 3.44. The first-order chi connectivity index (χ1) is 8.70. The molecule has 0 unspecified atom stereocenters. The van der Waals surface area contributed by atoms with E-state index < -0.39 is 0 Å². The number of aromatic nitrogens is 4. The predicted molar refractivity (Wildman–Crippen MR) is 75.5 cm³/mol. The summed E-state index contributed by atoms with van der Waals surface area (Å²) in [6, 6.07) is 0. The molecule has 3 rings (SSSR count). The summed E-state index contributed by atoms with van der Waals surface area (Å²) in [7, 11) is 1.95. The van der Waals surface area contributed by atoms with Crippen molar-refractivity contribution in [2.45, 2.75) is 38.5 Å². The van der Waals surface area contributed by atoms with Crippen molar-refractivity contribution in [3.05, 3.63) is 15.5 Å². The van der Waals surface area contributed by atoms with Gasteiger partial charge in [-0.05, 0) is 31.5 Å². The topological polar surface area (TPSA) is 46.5 Å². The average molecular weight is 280 g/mol. The Balaban J connectivity index is 2.08. The number of aromatic amines is 1. The Bertz CT molecular complexity index is 618. The third-order valence-electron chi connectivity index (χ3n) is 3.21. The molecule has 0 spiro atoms. The van der Waals surface area contributed by atoms with Gasteiger partial charge < -0.3 is 4.57 Å². The molecule has 0 saturated heterocycles. The fraction of sp³-hybridized carbons (Fsp3) is 0.583. The van der Waals surface area contributed by atoms with Gasteiger partial charge in [-0.1, -0.05) is 13.3 Å². The van der Waals surface area contributed by atoms with E-state index in [1.54, 1.807) is 11.3 Å². The number of rotatable bonds is 4. The van der Waals surface area contributed by atoms with Crippen molar-refractivity contribution < 1.29 is 0 Å². The van der Waals surface area contributed by atoms with E-state index in [9.17, 15) is 0 Å². The van der Waals surface area contributed by atoms with Crippen LogP contribution in [0.15, 0.2) is 0 Å². The summed E-state index contributed by atoms with van der Waals surface area (Å²) in [5.74, 6) is 1.62. The van der Waals surface area contributed by atoms with Crippen LogP contribution in [0.4, 0.5) is 0 Å². The Labute approximate surface area is 115 Å². The van der Waals surface area contributed by atoms with Crippen LogP contribution in [-0.4, -0.2) is 19.7 Å². The minimum absolute atomic E-state index is 0.661. The molecule has 18 heavy (non-hydrogen) atoms. The monoisotopic (exact) mass is 280 g/mol. The SMILES string of the molecule is CCCc1nc(C2CC2)sc1-c1n[nH]c(=S)n1C. The van der Waals surface area contributed by atoms with Gasteiger partial charge in [0.1, 0.15) is 0 Å². The van der Waals surface area contributed by atoms with E-state index in [4.69, 9.17) is 17.2 Å². The van der Waals surface area contributed by atoms with E-state index in [0.29, 0.717) is 10.7 Å². The number of hydrogen-bond donors (Lipinski definition) is 1. The van der Waals surface area contributed by atoms with Crippen molar-refractivity contribution in [1.29, 1.82) is 0 Å². The highest BCUT2D eigenvalue weighted by molar-refractivity contribution is 7.71. The average Bonchev–Trinajstić information content (AvgIpc) is 3.05. The molecule has 4 nitrogen and oxygen atoms in total. The second-order valence-corrected chi connectivity index (χ2v) is 6.18. The van der Waals surface area contributed by atoms with Crippen LogP contribution in [0, 0.1) is 4.77 Å². The molecule has 1 saturated carbocycles. The van der Waals surface area contributed by atoms with E-state index in [1.807, 2.05) is 11.6 Å². The zero-order chi connectivity index (χ0) is 12.7. The molecule has 1 fully saturated rings. The lowest BCUT2D eigenvalue weighted by atomic mass is 10.2. The highest BCUT2D eigenvalue weighted by Crippen LogP contribution is 2.44. The zero-order valence-electron chi connectivity index (χ0n) is 10.6. The number of thiazole rings is 1. The molecule has 0 amide bonds. The third kappa shape index (κ3) is 2.03. The summed E-state index contributed by atoms with van der Waals surface area (Å²) in [6.45, 7) is 2.18. The van der Waals surface area contributed by atoms with Crippen LogP contribution >= 0.6 is 23.6 Å². The van der Waals surface area contributed by atoms with E-state index in [2.05, 4.69) is 17.1 Å². The predicted octanol–water partition coefficient (Wildman–Crippen LogP) is 3.43. The molecule has 2 aromatic heterocycles. The van der Waals surface area contributed by atoms with Crippen LogP contribution in [0.3, 0.4) is 0 Å². The number of aryl methyl sites for hydroxylation is 1. The summed E-state index contributed by atoms with van der Waals surface area (Å²) in [5, 5.41) is 8.47. The van der Waals surface area contributed by atoms with Crippen molar-refractivity contribution in [3.8, 4) is 10.7 Å². The van der Waals surface area contributed by atoms with E-state index in [1.165, 1.54) is 28.4 Å². The van der Waals surface area contributed by atoms with E-state index in [-0.39, 0.29) is 0 Å².